The Kier molecular flexibility index (Phi) is 2.46. The first-order valence-electron chi connectivity index (χ1n) is 3.69. The summed E-state index contributed by atoms with van der Waals surface area (Å²) < 4.78 is 5.91. The van der Waals surface area contributed by atoms with Crippen LogP contribution in [-0.2, 0) is 11.8 Å². The van der Waals surface area contributed by atoms with Gasteiger partial charge in [0, 0.05) is 14.0 Å². The monoisotopic (exact) mass is 182 g/mol. The van der Waals surface area contributed by atoms with Crippen LogP contribution in [0, 0.1) is 0 Å². The van der Waals surface area contributed by atoms with Gasteiger partial charge in [0.25, 0.3) is 0 Å². The summed E-state index contributed by atoms with van der Waals surface area (Å²) >= 11 is 0. The third-order valence-electron chi connectivity index (χ3n) is 1.70. The van der Waals surface area contributed by atoms with Crippen molar-refractivity contribution in [2.24, 2.45) is 7.05 Å². The summed E-state index contributed by atoms with van der Waals surface area (Å²) in [6.07, 6.45) is 1.32. The van der Waals surface area contributed by atoms with Crippen LogP contribution in [0.2, 0.25) is 0 Å². The van der Waals surface area contributed by atoms with Gasteiger partial charge in [0.15, 0.2) is 11.6 Å². The molecule has 0 radical (unpaired) electrons. The molecule has 0 saturated heterocycles. The molecular weight excluding hydrogens is 172 g/mol. The molecule has 1 heterocycles. The van der Waals surface area contributed by atoms with Crippen LogP contribution in [0.15, 0.2) is 6.20 Å². The third kappa shape index (κ3) is 1.58. The maximum atomic E-state index is 11.1. The van der Waals surface area contributed by atoms with Crippen molar-refractivity contribution in [1.29, 1.82) is 0 Å². The molecule has 13 heavy (non-hydrogen) atoms. The van der Waals surface area contributed by atoms with E-state index in [0.29, 0.717) is 0 Å². The van der Waals surface area contributed by atoms with Gasteiger partial charge in [-0.1, -0.05) is 0 Å². The first kappa shape index (κ1) is 9.44. The molecule has 1 aromatic heterocycles. The van der Waals surface area contributed by atoms with Gasteiger partial charge < -0.3 is 9.30 Å². The molecule has 5 heteroatoms. The van der Waals surface area contributed by atoms with Crippen LogP contribution in [-0.4, -0.2) is 28.4 Å². The van der Waals surface area contributed by atoms with Crippen LogP contribution in [0.25, 0.3) is 0 Å². The zero-order chi connectivity index (χ0) is 10.0. The topological polar surface area (TPSA) is 61.2 Å². The fourth-order valence-electron chi connectivity index (χ4n) is 1.03. The summed E-state index contributed by atoms with van der Waals surface area (Å²) in [4.78, 5) is 25.8. The Morgan fingerprint density at radius 1 is 1.54 bits per heavy atom. The normalized spacial score (nSPS) is 9.77. The first-order valence-corrected chi connectivity index (χ1v) is 3.69. The minimum Gasteiger partial charge on any atom is -0.464 e. The van der Waals surface area contributed by atoms with Gasteiger partial charge in [-0.15, -0.1) is 0 Å². The molecule has 0 fully saturated rings. The highest BCUT2D eigenvalue weighted by Crippen LogP contribution is 2.04. The molecule has 5 nitrogen and oxygen atoms in total. The summed E-state index contributed by atoms with van der Waals surface area (Å²) in [5.74, 6) is -0.430. The third-order valence-corrected chi connectivity index (χ3v) is 1.70. The summed E-state index contributed by atoms with van der Waals surface area (Å²) in [5.41, 5.74) is 0.271. The van der Waals surface area contributed by atoms with Crippen molar-refractivity contribution in [2.75, 3.05) is 7.11 Å². The van der Waals surface area contributed by atoms with Crippen molar-refractivity contribution >= 4 is 11.8 Å². The van der Waals surface area contributed by atoms with Crippen LogP contribution < -0.4 is 0 Å². The average molecular weight is 182 g/mol. The second kappa shape index (κ2) is 3.38. The van der Waals surface area contributed by atoms with E-state index < -0.39 is 5.97 Å². The standard InChI is InChI=1S/C8H10N2O3/c1-5(11)7-9-4-6(10(7)2)8(12)13-3/h4H,1-3H3. The maximum Gasteiger partial charge on any atom is 0.356 e. The van der Waals surface area contributed by atoms with E-state index in [4.69, 9.17) is 0 Å². The molecule has 1 rings (SSSR count). The van der Waals surface area contributed by atoms with Crippen LogP contribution >= 0.6 is 0 Å². The Labute approximate surface area is 75.3 Å². The molecule has 0 aliphatic rings. The van der Waals surface area contributed by atoms with E-state index >= 15 is 0 Å². The van der Waals surface area contributed by atoms with E-state index in [9.17, 15) is 9.59 Å². The van der Waals surface area contributed by atoms with E-state index in [1.807, 2.05) is 0 Å². The lowest BCUT2D eigenvalue weighted by atomic mass is 10.4. The highest BCUT2D eigenvalue weighted by molar-refractivity contribution is 5.94. The molecule has 0 aliphatic heterocycles. The van der Waals surface area contributed by atoms with E-state index in [2.05, 4.69) is 9.72 Å². The van der Waals surface area contributed by atoms with Gasteiger partial charge in [0.1, 0.15) is 5.69 Å². The highest BCUT2D eigenvalue weighted by Gasteiger charge is 2.15. The number of carbonyl (C=O) groups excluding carboxylic acids is 2. The Morgan fingerprint density at radius 2 is 2.15 bits per heavy atom. The zero-order valence-corrected chi connectivity index (χ0v) is 7.70. The van der Waals surface area contributed by atoms with Crippen LogP contribution in [0.1, 0.15) is 28.0 Å². The Bertz CT molecular complexity index is 354. The number of methoxy groups -OCH3 is 1. The van der Waals surface area contributed by atoms with E-state index in [1.54, 1.807) is 7.05 Å². The van der Waals surface area contributed by atoms with Crippen molar-refractivity contribution in [3.05, 3.63) is 17.7 Å². The van der Waals surface area contributed by atoms with Crippen molar-refractivity contribution in [3.63, 3.8) is 0 Å². The largest absolute Gasteiger partial charge is 0.464 e. The first-order chi connectivity index (χ1) is 6.07. The Balaban J connectivity index is 3.13. The van der Waals surface area contributed by atoms with Crippen molar-refractivity contribution < 1.29 is 14.3 Å². The van der Waals surface area contributed by atoms with Gasteiger partial charge in [0.05, 0.1) is 13.3 Å². The molecule has 0 unspecified atom stereocenters. The summed E-state index contributed by atoms with van der Waals surface area (Å²) in [5, 5.41) is 0. The number of hydrogen-bond donors (Lipinski definition) is 0. The number of carbonyl (C=O) groups is 2. The molecule has 0 aliphatic carbocycles. The van der Waals surface area contributed by atoms with Gasteiger partial charge in [-0.3, -0.25) is 4.79 Å². The number of ketones is 1. The lowest BCUT2D eigenvalue weighted by Crippen LogP contribution is -2.11. The van der Waals surface area contributed by atoms with Gasteiger partial charge in [-0.25, -0.2) is 9.78 Å². The Hall–Kier alpha value is -1.65. The molecule has 0 bridgehead atoms. The summed E-state index contributed by atoms with van der Waals surface area (Å²) in [7, 11) is 2.87. The van der Waals surface area contributed by atoms with Crippen LogP contribution in [0.5, 0.6) is 0 Å². The van der Waals surface area contributed by atoms with E-state index in [1.165, 1.54) is 24.8 Å². The predicted octanol–water partition coefficient (Wildman–Crippen LogP) is 0.409. The van der Waals surface area contributed by atoms with Crippen molar-refractivity contribution in [1.82, 2.24) is 9.55 Å². The molecule has 0 spiro atoms. The second-order valence-corrected chi connectivity index (χ2v) is 2.57. The van der Waals surface area contributed by atoms with Gasteiger partial charge in [-0.2, -0.15) is 0 Å². The molecule has 0 N–H and O–H groups in total. The number of esters is 1. The summed E-state index contributed by atoms with van der Waals surface area (Å²) in [6, 6.07) is 0. The number of imidazole rings is 1. The lowest BCUT2D eigenvalue weighted by Gasteiger charge is -2.00. The molecule has 1 aromatic rings. The van der Waals surface area contributed by atoms with Crippen molar-refractivity contribution in [2.45, 2.75) is 6.92 Å². The van der Waals surface area contributed by atoms with E-state index in [-0.39, 0.29) is 17.3 Å². The Morgan fingerprint density at radius 3 is 2.54 bits per heavy atom. The molecule has 70 valence electrons. The SMILES string of the molecule is COC(=O)c1cnc(C(C)=O)n1C. The molecular formula is C8H10N2O3. The fraction of sp³-hybridized carbons (Fsp3) is 0.375. The number of Topliss-reactive ketones (excluding diaryl/α,β-unsaturated/α-hetero) is 1. The van der Waals surface area contributed by atoms with Gasteiger partial charge in [0.2, 0.25) is 0 Å². The maximum absolute atomic E-state index is 11.1. The number of hydrogen-bond acceptors (Lipinski definition) is 4. The van der Waals surface area contributed by atoms with Crippen LogP contribution in [0.3, 0.4) is 0 Å². The molecule has 0 atom stereocenters. The molecule has 0 saturated carbocycles. The molecule has 0 amide bonds. The number of rotatable bonds is 2. The number of ether oxygens (including phenoxy) is 1. The minimum atomic E-state index is -0.498. The predicted molar refractivity (Wildman–Crippen MR) is 44.6 cm³/mol. The number of aromatic nitrogens is 2. The quantitative estimate of drug-likeness (QED) is 0.491. The van der Waals surface area contributed by atoms with Crippen molar-refractivity contribution in [3.8, 4) is 0 Å². The number of nitrogens with zero attached hydrogens (tertiary/aromatic N) is 2. The fourth-order valence-corrected chi connectivity index (χ4v) is 1.03. The molecule has 0 aromatic carbocycles. The van der Waals surface area contributed by atoms with Gasteiger partial charge in [-0.05, 0) is 0 Å². The highest BCUT2D eigenvalue weighted by atomic mass is 16.5. The average Bonchev–Trinajstić information content (AvgIpc) is 2.46. The lowest BCUT2D eigenvalue weighted by molar-refractivity contribution is 0.0590. The van der Waals surface area contributed by atoms with Gasteiger partial charge >= 0.3 is 5.97 Å². The smallest absolute Gasteiger partial charge is 0.356 e. The second-order valence-electron chi connectivity index (χ2n) is 2.57. The minimum absolute atomic E-state index is 0.183. The van der Waals surface area contributed by atoms with E-state index in [0.717, 1.165) is 0 Å². The summed E-state index contributed by atoms with van der Waals surface area (Å²) in [6.45, 7) is 1.39. The van der Waals surface area contributed by atoms with Crippen LogP contribution in [0.4, 0.5) is 0 Å². The zero-order valence-electron chi connectivity index (χ0n) is 7.70.